The van der Waals surface area contributed by atoms with Gasteiger partial charge in [0.15, 0.2) is 0 Å². The maximum atomic E-state index is 5.50. The highest BCUT2D eigenvalue weighted by Crippen LogP contribution is 2.30. The molecule has 2 fully saturated rings. The van der Waals surface area contributed by atoms with E-state index in [0.717, 1.165) is 19.8 Å². The van der Waals surface area contributed by atoms with Crippen molar-refractivity contribution in [2.24, 2.45) is 5.41 Å². The molecular formula is C13H26N2O. The summed E-state index contributed by atoms with van der Waals surface area (Å²) in [5.74, 6) is 0. The standard InChI is InChI=1S/C13H26N2O/c1-13(2)5-3-6-14-12(13)11-15-7-4-9-16-10-8-15/h12,14H,3-11H2,1-2H3. The van der Waals surface area contributed by atoms with Crippen molar-refractivity contribution in [2.45, 2.75) is 39.2 Å². The average Bonchev–Trinajstić information content (AvgIpc) is 2.49. The molecule has 2 aliphatic heterocycles. The topological polar surface area (TPSA) is 24.5 Å². The third-order valence-electron chi connectivity index (χ3n) is 4.09. The molecule has 2 aliphatic rings. The minimum absolute atomic E-state index is 0.450. The van der Waals surface area contributed by atoms with Crippen molar-refractivity contribution in [2.75, 3.05) is 39.4 Å². The summed E-state index contributed by atoms with van der Waals surface area (Å²) in [6.45, 7) is 11.3. The molecule has 0 spiro atoms. The van der Waals surface area contributed by atoms with E-state index in [1.807, 2.05) is 0 Å². The zero-order valence-corrected chi connectivity index (χ0v) is 10.8. The van der Waals surface area contributed by atoms with Crippen molar-refractivity contribution in [3.05, 3.63) is 0 Å². The van der Waals surface area contributed by atoms with E-state index in [1.165, 1.54) is 38.9 Å². The Labute approximate surface area is 99.5 Å². The van der Waals surface area contributed by atoms with Gasteiger partial charge in [0.1, 0.15) is 0 Å². The van der Waals surface area contributed by atoms with Crippen LogP contribution in [0.5, 0.6) is 0 Å². The predicted octanol–water partition coefficient (Wildman–Crippen LogP) is 1.49. The number of piperidine rings is 1. The van der Waals surface area contributed by atoms with Crippen LogP contribution in [0.25, 0.3) is 0 Å². The van der Waals surface area contributed by atoms with Crippen molar-refractivity contribution in [3.63, 3.8) is 0 Å². The van der Waals surface area contributed by atoms with E-state index in [0.29, 0.717) is 11.5 Å². The second-order valence-corrected chi connectivity index (χ2v) is 5.87. The van der Waals surface area contributed by atoms with Crippen LogP contribution in [0.1, 0.15) is 33.1 Å². The molecule has 3 heteroatoms. The van der Waals surface area contributed by atoms with Crippen LogP contribution < -0.4 is 5.32 Å². The molecule has 0 aliphatic carbocycles. The Bertz CT molecular complexity index is 210. The second-order valence-electron chi connectivity index (χ2n) is 5.87. The first-order chi connectivity index (χ1) is 7.68. The summed E-state index contributed by atoms with van der Waals surface area (Å²) in [7, 11) is 0. The third-order valence-corrected chi connectivity index (χ3v) is 4.09. The smallest absolute Gasteiger partial charge is 0.0593 e. The summed E-state index contributed by atoms with van der Waals surface area (Å²) >= 11 is 0. The number of nitrogens with one attached hydrogen (secondary N) is 1. The van der Waals surface area contributed by atoms with Crippen molar-refractivity contribution >= 4 is 0 Å². The van der Waals surface area contributed by atoms with Crippen LogP contribution in [0.3, 0.4) is 0 Å². The molecule has 0 amide bonds. The Hall–Kier alpha value is -0.120. The van der Waals surface area contributed by atoms with E-state index in [2.05, 4.69) is 24.1 Å². The predicted molar refractivity (Wildman–Crippen MR) is 66.7 cm³/mol. The summed E-state index contributed by atoms with van der Waals surface area (Å²) < 4.78 is 5.50. The van der Waals surface area contributed by atoms with Gasteiger partial charge >= 0.3 is 0 Å². The van der Waals surface area contributed by atoms with Gasteiger partial charge in [-0.3, -0.25) is 4.90 Å². The maximum absolute atomic E-state index is 5.50. The molecule has 1 atom stereocenters. The van der Waals surface area contributed by atoms with Crippen LogP contribution in [0.4, 0.5) is 0 Å². The van der Waals surface area contributed by atoms with Crippen LogP contribution in [0.15, 0.2) is 0 Å². The number of rotatable bonds is 2. The third kappa shape index (κ3) is 3.19. The van der Waals surface area contributed by atoms with Crippen molar-refractivity contribution in [1.82, 2.24) is 10.2 Å². The highest BCUT2D eigenvalue weighted by molar-refractivity contribution is 4.90. The Kier molecular flexibility index (Phi) is 4.22. The molecule has 0 radical (unpaired) electrons. The van der Waals surface area contributed by atoms with Gasteiger partial charge in [-0.2, -0.15) is 0 Å². The Morgan fingerprint density at radius 3 is 2.94 bits per heavy atom. The quantitative estimate of drug-likeness (QED) is 0.772. The highest BCUT2D eigenvalue weighted by Gasteiger charge is 2.33. The van der Waals surface area contributed by atoms with Gasteiger partial charge < -0.3 is 10.1 Å². The summed E-state index contributed by atoms with van der Waals surface area (Å²) in [6, 6.07) is 0.652. The molecule has 2 saturated heterocycles. The van der Waals surface area contributed by atoms with Crippen LogP contribution in [-0.2, 0) is 4.74 Å². The summed E-state index contributed by atoms with van der Waals surface area (Å²) in [5.41, 5.74) is 0.450. The highest BCUT2D eigenvalue weighted by atomic mass is 16.5. The normalized spacial score (nSPS) is 32.2. The van der Waals surface area contributed by atoms with Gasteiger partial charge in [0.25, 0.3) is 0 Å². The van der Waals surface area contributed by atoms with E-state index >= 15 is 0 Å². The zero-order valence-electron chi connectivity index (χ0n) is 10.8. The number of hydrogen-bond acceptors (Lipinski definition) is 3. The van der Waals surface area contributed by atoms with E-state index in [1.54, 1.807) is 0 Å². The van der Waals surface area contributed by atoms with Gasteiger partial charge in [-0.1, -0.05) is 13.8 Å². The van der Waals surface area contributed by atoms with Crippen LogP contribution in [-0.4, -0.2) is 50.3 Å². The van der Waals surface area contributed by atoms with E-state index < -0.39 is 0 Å². The van der Waals surface area contributed by atoms with Crippen LogP contribution in [0.2, 0.25) is 0 Å². The molecular weight excluding hydrogens is 200 g/mol. The fourth-order valence-corrected chi connectivity index (χ4v) is 2.82. The number of nitrogens with zero attached hydrogens (tertiary/aromatic N) is 1. The van der Waals surface area contributed by atoms with Gasteiger partial charge in [0, 0.05) is 32.3 Å². The monoisotopic (exact) mass is 226 g/mol. The molecule has 0 saturated carbocycles. The number of hydrogen-bond donors (Lipinski definition) is 1. The lowest BCUT2D eigenvalue weighted by Gasteiger charge is -2.41. The lowest BCUT2D eigenvalue weighted by molar-refractivity contribution is 0.114. The molecule has 16 heavy (non-hydrogen) atoms. The van der Waals surface area contributed by atoms with Crippen LogP contribution >= 0.6 is 0 Å². The summed E-state index contributed by atoms with van der Waals surface area (Å²) in [6.07, 6.45) is 3.87. The minimum atomic E-state index is 0.450. The fourth-order valence-electron chi connectivity index (χ4n) is 2.82. The molecule has 1 N–H and O–H groups in total. The average molecular weight is 226 g/mol. The first-order valence-electron chi connectivity index (χ1n) is 6.72. The lowest BCUT2D eigenvalue weighted by atomic mass is 9.77. The molecule has 3 nitrogen and oxygen atoms in total. The molecule has 2 heterocycles. The first kappa shape index (κ1) is 12.3. The largest absolute Gasteiger partial charge is 0.380 e. The lowest BCUT2D eigenvalue weighted by Crippen LogP contribution is -2.53. The molecule has 94 valence electrons. The number of ether oxygens (including phenoxy) is 1. The fraction of sp³-hybridized carbons (Fsp3) is 1.00. The van der Waals surface area contributed by atoms with Gasteiger partial charge in [-0.05, 0) is 31.2 Å². The first-order valence-corrected chi connectivity index (χ1v) is 6.72. The SMILES string of the molecule is CC1(C)CCCNC1CN1CCCOCC1. The summed E-state index contributed by atoms with van der Waals surface area (Å²) in [5, 5.41) is 3.69. The molecule has 0 aromatic rings. The van der Waals surface area contributed by atoms with Crippen molar-refractivity contribution in [3.8, 4) is 0 Å². The van der Waals surface area contributed by atoms with Gasteiger partial charge in [0.2, 0.25) is 0 Å². The Morgan fingerprint density at radius 2 is 2.12 bits per heavy atom. The zero-order chi connectivity index (χ0) is 11.4. The molecule has 0 bridgehead atoms. The van der Waals surface area contributed by atoms with E-state index in [-0.39, 0.29) is 0 Å². The van der Waals surface area contributed by atoms with E-state index in [9.17, 15) is 0 Å². The van der Waals surface area contributed by atoms with Crippen molar-refractivity contribution < 1.29 is 4.74 Å². The van der Waals surface area contributed by atoms with Crippen molar-refractivity contribution in [1.29, 1.82) is 0 Å². The van der Waals surface area contributed by atoms with E-state index in [4.69, 9.17) is 4.74 Å². The molecule has 2 rings (SSSR count). The Morgan fingerprint density at radius 1 is 1.25 bits per heavy atom. The Balaban J connectivity index is 1.86. The second kappa shape index (κ2) is 5.48. The minimum Gasteiger partial charge on any atom is -0.380 e. The van der Waals surface area contributed by atoms with Gasteiger partial charge in [-0.25, -0.2) is 0 Å². The molecule has 0 aromatic heterocycles. The molecule has 0 aromatic carbocycles. The summed E-state index contributed by atoms with van der Waals surface area (Å²) in [4.78, 5) is 2.57. The maximum Gasteiger partial charge on any atom is 0.0593 e. The molecule has 1 unspecified atom stereocenters. The van der Waals surface area contributed by atoms with Gasteiger partial charge in [0.05, 0.1) is 6.61 Å². The van der Waals surface area contributed by atoms with Crippen LogP contribution in [0, 0.1) is 5.41 Å². The van der Waals surface area contributed by atoms with Gasteiger partial charge in [-0.15, -0.1) is 0 Å².